The summed E-state index contributed by atoms with van der Waals surface area (Å²) in [6.07, 6.45) is 3.88. The topological polar surface area (TPSA) is 78.1 Å². The molecule has 0 saturated heterocycles. The number of para-hydroxylation sites is 1. The Balaban J connectivity index is 1.42. The van der Waals surface area contributed by atoms with Gasteiger partial charge in [0.2, 0.25) is 5.89 Å². The highest BCUT2D eigenvalue weighted by molar-refractivity contribution is 6.05. The molecular formula is C23H19N3O3. The monoisotopic (exact) mass is 385 g/mol. The Hall–Kier alpha value is -3.54. The molecule has 2 heterocycles. The largest absolute Gasteiger partial charge is 0.452 e. The predicted octanol–water partition coefficient (Wildman–Crippen LogP) is 4.52. The molecule has 0 atom stereocenters. The number of rotatable bonds is 4. The molecule has 144 valence electrons. The van der Waals surface area contributed by atoms with Gasteiger partial charge in [-0.3, -0.25) is 4.98 Å². The number of fused-ring (bicyclic) bond motifs is 2. The number of esters is 1. The molecule has 5 rings (SSSR count). The Morgan fingerprint density at radius 3 is 2.66 bits per heavy atom. The maximum Gasteiger partial charge on any atom is 0.339 e. The Kier molecular flexibility index (Phi) is 4.52. The molecule has 1 aliphatic rings. The van der Waals surface area contributed by atoms with Crippen molar-refractivity contribution in [1.82, 2.24) is 15.2 Å². The molecular weight excluding hydrogens is 366 g/mol. The van der Waals surface area contributed by atoms with Gasteiger partial charge < -0.3 is 9.15 Å². The van der Waals surface area contributed by atoms with Crippen molar-refractivity contribution in [3.8, 4) is 11.5 Å². The van der Waals surface area contributed by atoms with Crippen molar-refractivity contribution in [2.45, 2.75) is 32.3 Å². The average Bonchev–Trinajstić information content (AvgIpc) is 3.25. The van der Waals surface area contributed by atoms with Crippen LogP contribution < -0.4 is 0 Å². The van der Waals surface area contributed by atoms with E-state index in [1.54, 1.807) is 0 Å². The van der Waals surface area contributed by atoms with Gasteiger partial charge in [-0.2, -0.15) is 0 Å². The van der Waals surface area contributed by atoms with E-state index in [2.05, 4.69) is 10.2 Å². The molecule has 4 aromatic rings. The van der Waals surface area contributed by atoms with E-state index in [1.165, 1.54) is 0 Å². The van der Waals surface area contributed by atoms with Crippen LogP contribution in [0, 0.1) is 0 Å². The molecule has 0 spiro atoms. The van der Waals surface area contributed by atoms with Crippen molar-refractivity contribution >= 4 is 16.9 Å². The highest BCUT2D eigenvalue weighted by Gasteiger charge is 2.24. The molecule has 6 nitrogen and oxygen atoms in total. The minimum Gasteiger partial charge on any atom is -0.452 e. The van der Waals surface area contributed by atoms with E-state index in [0.29, 0.717) is 11.5 Å². The molecule has 0 amide bonds. The van der Waals surface area contributed by atoms with E-state index in [1.807, 2.05) is 54.6 Å². The van der Waals surface area contributed by atoms with Crippen LogP contribution in [0.15, 0.2) is 59.0 Å². The van der Waals surface area contributed by atoms with Gasteiger partial charge in [0.05, 0.1) is 11.1 Å². The van der Waals surface area contributed by atoms with E-state index < -0.39 is 0 Å². The zero-order chi connectivity index (χ0) is 19.6. The van der Waals surface area contributed by atoms with E-state index in [-0.39, 0.29) is 18.5 Å². The first-order chi connectivity index (χ1) is 14.3. The number of carbonyl (C=O) groups is 1. The summed E-state index contributed by atoms with van der Waals surface area (Å²) in [5.74, 6) is 0.300. The number of hydrogen-bond acceptors (Lipinski definition) is 6. The van der Waals surface area contributed by atoms with Crippen LogP contribution in [-0.4, -0.2) is 21.2 Å². The summed E-state index contributed by atoms with van der Waals surface area (Å²) in [5.41, 5.74) is 4.28. The minimum atomic E-state index is -0.374. The fourth-order valence-corrected chi connectivity index (χ4v) is 3.81. The number of ether oxygens (including phenoxy) is 1. The zero-order valence-electron chi connectivity index (χ0n) is 15.8. The first kappa shape index (κ1) is 17.6. The predicted molar refractivity (Wildman–Crippen MR) is 107 cm³/mol. The van der Waals surface area contributed by atoms with Gasteiger partial charge in [-0.1, -0.05) is 36.4 Å². The second kappa shape index (κ2) is 7.47. The van der Waals surface area contributed by atoms with Crippen LogP contribution in [0.5, 0.6) is 0 Å². The average molecular weight is 385 g/mol. The van der Waals surface area contributed by atoms with Crippen LogP contribution >= 0.6 is 0 Å². The summed E-state index contributed by atoms with van der Waals surface area (Å²) in [6, 6.07) is 17.2. The number of aryl methyl sites for hydroxylation is 1. The molecule has 0 aliphatic heterocycles. The maximum atomic E-state index is 13.0. The summed E-state index contributed by atoms with van der Waals surface area (Å²) in [6.45, 7) is -0.0654. The summed E-state index contributed by atoms with van der Waals surface area (Å²) in [7, 11) is 0. The van der Waals surface area contributed by atoms with Crippen molar-refractivity contribution in [2.75, 3.05) is 0 Å². The first-order valence-electron chi connectivity index (χ1n) is 9.75. The lowest BCUT2D eigenvalue weighted by atomic mass is 9.90. The van der Waals surface area contributed by atoms with Gasteiger partial charge in [-0.05, 0) is 49.4 Å². The number of carbonyl (C=O) groups excluding carboxylic acids is 1. The van der Waals surface area contributed by atoms with Crippen molar-refractivity contribution in [3.63, 3.8) is 0 Å². The Morgan fingerprint density at radius 1 is 0.966 bits per heavy atom. The third kappa shape index (κ3) is 3.38. The summed E-state index contributed by atoms with van der Waals surface area (Å²) in [5, 5.41) is 8.87. The lowest BCUT2D eigenvalue weighted by molar-refractivity contribution is 0.0439. The van der Waals surface area contributed by atoms with Gasteiger partial charge in [0, 0.05) is 16.6 Å². The summed E-state index contributed by atoms with van der Waals surface area (Å²) in [4.78, 5) is 17.8. The third-order valence-corrected chi connectivity index (χ3v) is 5.19. The smallest absolute Gasteiger partial charge is 0.339 e. The van der Waals surface area contributed by atoms with Gasteiger partial charge in [0.15, 0.2) is 6.61 Å². The molecule has 29 heavy (non-hydrogen) atoms. The number of hydrogen-bond donors (Lipinski definition) is 0. The number of nitrogens with zero attached hydrogens (tertiary/aromatic N) is 3. The van der Waals surface area contributed by atoms with Crippen LogP contribution in [0.25, 0.3) is 22.4 Å². The Morgan fingerprint density at radius 2 is 1.76 bits per heavy atom. The number of pyridine rings is 1. The van der Waals surface area contributed by atoms with Crippen LogP contribution in [0.2, 0.25) is 0 Å². The van der Waals surface area contributed by atoms with Gasteiger partial charge >= 0.3 is 5.97 Å². The second-order valence-electron chi connectivity index (χ2n) is 7.08. The third-order valence-electron chi connectivity index (χ3n) is 5.19. The molecule has 0 fully saturated rings. The fraction of sp³-hybridized carbons (Fsp3) is 0.217. The number of aromatic nitrogens is 3. The van der Waals surface area contributed by atoms with Crippen molar-refractivity contribution in [3.05, 3.63) is 77.3 Å². The lowest BCUT2D eigenvalue weighted by Gasteiger charge is -2.19. The van der Waals surface area contributed by atoms with E-state index >= 15 is 0 Å². The fourth-order valence-electron chi connectivity index (χ4n) is 3.81. The van der Waals surface area contributed by atoms with Gasteiger partial charge in [-0.15, -0.1) is 10.2 Å². The van der Waals surface area contributed by atoms with Crippen molar-refractivity contribution in [1.29, 1.82) is 0 Å². The molecule has 0 saturated carbocycles. The molecule has 1 aliphatic carbocycles. The van der Waals surface area contributed by atoms with Crippen molar-refractivity contribution in [2.24, 2.45) is 0 Å². The number of benzene rings is 2. The molecule has 0 unspecified atom stereocenters. The Labute approximate surface area is 167 Å². The maximum absolute atomic E-state index is 13.0. The summed E-state index contributed by atoms with van der Waals surface area (Å²) >= 11 is 0. The minimum absolute atomic E-state index is 0.0654. The SMILES string of the molecule is O=C(OCc1nnc(-c2ccccc2)o1)c1c2c(nc3ccccc13)CCCC2. The lowest BCUT2D eigenvalue weighted by Crippen LogP contribution is -2.15. The highest BCUT2D eigenvalue weighted by atomic mass is 16.5. The van der Waals surface area contributed by atoms with Gasteiger partial charge in [-0.25, -0.2) is 4.79 Å². The van der Waals surface area contributed by atoms with Crippen LogP contribution in [-0.2, 0) is 24.2 Å². The normalized spacial score (nSPS) is 13.2. The van der Waals surface area contributed by atoms with E-state index in [4.69, 9.17) is 14.1 Å². The summed E-state index contributed by atoms with van der Waals surface area (Å²) < 4.78 is 11.2. The van der Waals surface area contributed by atoms with Crippen LogP contribution in [0.1, 0.15) is 40.3 Å². The highest BCUT2D eigenvalue weighted by Crippen LogP contribution is 2.30. The molecule has 0 N–H and O–H groups in total. The van der Waals surface area contributed by atoms with Crippen LogP contribution in [0.3, 0.4) is 0 Å². The second-order valence-corrected chi connectivity index (χ2v) is 7.08. The molecule has 0 bridgehead atoms. The van der Waals surface area contributed by atoms with Gasteiger partial charge in [0.25, 0.3) is 5.89 Å². The molecule has 6 heteroatoms. The standard InChI is InChI=1S/C23H19N3O3/c27-23(28-14-20-25-26-22(29-20)15-8-2-1-3-9-15)21-16-10-4-6-12-18(16)24-19-13-7-5-11-17(19)21/h1-4,6,8-10,12H,5,7,11,13-14H2. The quantitative estimate of drug-likeness (QED) is 0.481. The zero-order valence-corrected chi connectivity index (χ0v) is 15.8. The Bertz CT molecular complexity index is 1180. The van der Waals surface area contributed by atoms with E-state index in [9.17, 15) is 4.79 Å². The molecule has 0 radical (unpaired) electrons. The van der Waals surface area contributed by atoms with E-state index in [0.717, 1.165) is 53.4 Å². The van der Waals surface area contributed by atoms with Crippen LogP contribution in [0.4, 0.5) is 0 Å². The molecule has 2 aromatic carbocycles. The molecule has 2 aromatic heterocycles. The van der Waals surface area contributed by atoms with Gasteiger partial charge in [0.1, 0.15) is 0 Å². The van der Waals surface area contributed by atoms with Crippen molar-refractivity contribution < 1.29 is 13.9 Å². The first-order valence-corrected chi connectivity index (χ1v) is 9.75.